The molecule has 112 valence electrons. The minimum atomic E-state index is -0.447. The number of hydrogen-bond acceptors (Lipinski definition) is 3. The van der Waals surface area contributed by atoms with Crippen LogP contribution in [-0.2, 0) is 0 Å². The number of nitrogens with zero attached hydrogens (tertiary/aromatic N) is 2. The van der Waals surface area contributed by atoms with E-state index in [4.69, 9.17) is 0 Å². The van der Waals surface area contributed by atoms with Gasteiger partial charge in [-0.3, -0.25) is 14.9 Å². The first-order chi connectivity index (χ1) is 10.1. The van der Waals surface area contributed by atoms with Gasteiger partial charge in [0.15, 0.2) is 0 Å². The maximum atomic E-state index is 12.3. The molecule has 5 nitrogen and oxygen atoms in total. The van der Waals surface area contributed by atoms with Gasteiger partial charge in [-0.15, -0.1) is 0 Å². The molecule has 1 aromatic carbocycles. The average Bonchev–Trinajstić information content (AvgIpc) is 3.27. The van der Waals surface area contributed by atoms with Crippen molar-refractivity contribution in [2.24, 2.45) is 5.92 Å². The van der Waals surface area contributed by atoms with E-state index in [0.29, 0.717) is 11.6 Å². The number of carbonyl (C=O) groups is 1. The predicted octanol–water partition coefficient (Wildman–Crippen LogP) is 3.39. The Morgan fingerprint density at radius 3 is 2.48 bits per heavy atom. The first-order valence-electron chi connectivity index (χ1n) is 7.70. The Hall–Kier alpha value is -1.91. The van der Waals surface area contributed by atoms with Crippen LogP contribution in [0.3, 0.4) is 0 Å². The lowest BCUT2D eigenvalue weighted by Crippen LogP contribution is -2.16. The fourth-order valence-electron chi connectivity index (χ4n) is 3.33. The molecule has 0 radical (unpaired) electrons. The van der Waals surface area contributed by atoms with E-state index < -0.39 is 4.92 Å². The maximum absolute atomic E-state index is 12.3. The molecule has 1 saturated heterocycles. The summed E-state index contributed by atoms with van der Waals surface area (Å²) in [6.07, 6.45) is 7.73. The molecule has 0 bridgehead atoms. The Balaban J connectivity index is 1.55. The van der Waals surface area contributed by atoms with Crippen molar-refractivity contribution in [3.63, 3.8) is 0 Å². The first-order valence-corrected chi connectivity index (χ1v) is 7.70. The molecular formula is C16H20N2O3. The van der Waals surface area contributed by atoms with Gasteiger partial charge in [-0.2, -0.15) is 0 Å². The lowest BCUT2D eigenvalue weighted by Gasteiger charge is -2.21. The van der Waals surface area contributed by atoms with E-state index in [1.165, 1.54) is 44.2 Å². The fourth-order valence-corrected chi connectivity index (χ4v) is 3.33. The monoisotopic (exact) mass is 288 g/mol. The van der Waals surface area contributed by atoms with Gasteiger partial charge < -0.3 is 4.90 Å². The second-order valence-electron chi connectivity index (χ2n) is 6.16. The molecule has 1 aromatic rings. The molecule has 5 heteroatoms. The van der Waals surface area contributed by atoms with Gasteiger partial charge in [0.05, 0.1) is 4.92 Å². The number of nitro groups is 1. The number of non-ortho nitro benzene ring substituents is 1. The van der Waals surface area contributed by atoms with Crippen LogP contribution >= 0.6 is 0 Å². The van der Waals surface area contributed by atoms with E-state index in [9.17, 15) is 14.9 Å². The third-order valence-electron chi connectivity index (χ3n) is 4.63. The highest BCUT2D eigenvalue weighted by Gasteiger charge is 2.40. The summed E-state index contributed by atoms with van der Waals surface area (Å²) < 4.78 is 0. The molecule has 21 heavy (non-hydrogen) atoms. The Kier molecular flexibility index (Phi) is 3.90. The Morgan fingerprint density at radius 1 is 1.19 bits per heavy atom. The van der Waals surface area contributed by atoms with Crippen LogP contribution in [0.5, 0.6) is 0 Å². The van der Waals surface area contributed by atoms with Gasteiger partial charge >= 0.3 is 0 Å². The van der Waals surface area contributed by atoms with Crippen molar-refractivity contribution in [2.75, 3.05) is 6.54 Å². The van der Waals surface area contributed by atoms with Crippen molar-refractivity contribution in [1.29, 1.82) is 0 Å². The van der Waals surface area contributed by atoms with Crippen LogP contribution in [0.2, 0.25) is 0 Å². The Morgan fingerprint density at radius 2 is 1.86 bits per heavy atom. The molecule has 1 heterocycles. The van der Waals surface area contributed by atoms with Crippen molar-refractivity contribution < 1.29 is 9.72 Å². The minimum absolute atomic E-state index is 0.00528. The summed E-state index contributed by atoms with van der Waals surface area (Å²) in [6.45, 7) is 0.840. The molecule has 1 saturated carbocycles. The molecule has 2 aliphatic rings. The van der Waals surface area contributed by atoms with Gasteiger partial charge in [-0.25, -0.2) is 0 Å². The van der Waals surface area contributed by atoms with E-state index in [-0.39, 0.29) is 11.6 Å². The van der Waals surface area contributed by atoms with Crippen LogP contribution in [0.15, 0.2) is 24.3 Å². The van der Waals surface area contributed by atoms with Crippen LogP contribution < -0.4 is 0 Å². The van der Waals surface area contributed by atoms with E-state index in [0.717, 1.165) is 18.9 Å². The van der Waals surface area contributed by atoms with Crippen molar-refractivity contribution in [3.05, 3.63) is 39.9 Å². The molecule has 0 unspecified atom stereocenters. The summed E-state index contributed by atoms with van der Waals surface area (Å²) >= 11 is 0. The summed E-state index contributed by atoms with van der Waals surface area (Å²) in [5.41, 5.74) is 0.572. The normalized spacial score (nSPS) is 22.1. The number of carbonyl (C=O) groups excluding carboxylic acids is 1. The van der Waals surface area contributed by atoms with Crippen LogP contribution in [0, 0.1) is 16.0 Å². The number of rotatable bonds is 4. The molecule has 1 amide bonds. The van der Waals surface area contributed by atoms with Gasteiger partial charge in [0.2, 0.25) is 0 Å². The Bertz CT molecular complexity index is 535. The van der Waals surface area contributed by atoms with Gasteiger partial charge in [-0.05, 0) is 24.5 Å². The van der Waals surface area contributed by atoms with Gasteiger partial charge in [0.25, 0.3) is 11.6 Å². The summed E-state index contributed by atoms with van der Waals surface area (Å²) in [5, 5.41) is 10.6. The standard InChI is InChI=1S/C16H20N2O3/c19-16(13-6-8-14(9-7-13)18(20)21)17-11-15(17)10-12-4-2-1-3-5-12/h6-9,12,15H,1-5,10-11H2/t15-,17?/m0/s1. The summed E-state index contributed by atoms with van der Waals surface area (Å²) in [7, 11) is 0. The number of nitro benzene ring substituents is 1. The van der Waals surface area contributed by atoms with Gasteiger partial charge in [-0.1, -0.05) is 32.1 Å². The summed E-state index contributed by atoms with van der Waals surface area (Å²) in [6, 6.07) is 6.28. The average molecular weight is 288 g/mol. The summed E-state index contributed by atoms with van der Waals surface area (Å²) in [5.74, 6) is 0.782. The Labute approximate surface area is 124 Å². The maximum Gasteiger partial charge on any atom is 0.269 e. The SMILES string of the molecule is O=C(c1ccc([N+](=O)[O-])cc1)N1C[C@@H]1CC1CCCCC1. The lowest BCUT2D eigenvalue weighted by atomic mass is 9.86. The smallest absolute Gasteiger partial charge is 0.269 e. The molecule has 0 aromatic heterocycles. The topological polar surface area (TPSA) is 63.2 Å². The van der Waals surface area contributed by atoms with Crippen molar-refractivity contribution >= 4 is 11.6 Å². The zero-order valence-electron chi connectivity index (χ0n) is 12.0. The van der Waals surface area contributed by atoms with Crippen LogP contribution in [0.4, 0.5) is 5.69 Å². The van der Waals surface area contributed by atoms with E-state index in [1.54, 1.807) is 12.1 Å². The number of hydrogen-bond donors (Lipinski definition) is 0. The van der Waals surface area contributed by atoms with Gasteiger partial charge in [0.1, 0.15) is 0 Å². The highest BCUT2D eigenvalue weighted by molar-refractivity contribution is 5.96. The predicted molar refractivity (Wildman–Crippen MR) is 79.1 cm³/mol. The van der Waals surface area contributed by atoms with E-state index in [2.05, 4.69) is 0 Å². The third kappa shape index (κ3) is 3.23. The van der Waals surface area contributed by atoms with Crippen LogP contribution in [0.1, 0.15) is 48.9 Å². The molecule has 0 N–H and O–H groups in total. The quantitative estimate of drug-likeness (QED) is 0.484. The molecule has 3 rings (SSSR count). The minimum Gasteiger partial charge on any atom is -0.332 e. The highest BCUT2D eigenvalue weighted by atomic mass is 16.6. The highest BCUT2D eigenvalue weighted by Crippen LogP contribution is 2.34. The molecule has 2 fully saturated rings. The number of benzene rings is 1. The first kappa shape index (κ1) is 14.0. The van der Waals surface area contributed by atoms with Crippen molar-refractivity contribution in [3.8, 4) is 0 Å². The van der Waals surface area contributed by atoms with Crippen molar-refractivity contribution in [2.45, 2.75) is 44.6 Å². The summed E-state index contributed by atoms with van der Waals surface area (Å²) in [4.78, 5) is 24.3. The van der Waals surface area contributed by atoms with Crippen LogP contribution in [0.25, 0.3) is 0 Å². The molecule has 1 aliphatic carbocycles. The fraction of sp³-hybridized carbons (Fsp3) is 0.562. The van der Waals surface area contributed by atoms with Crippen molar-refractivity contribution in [1.82, 2.24) is 4.90 Å². The lowest BCUT2D eigenvalue weighted by molar-refractivity contribution is -0.384. The largest absolute Gasteiger partial charge is 0.332 e. The zero-order chi connectivity index (χ0) is 14.8. The second-order valence-corrected chi connectivity index (χ2v) is 6.16. The van der Waals surface area contributed by atoms with Gasteiger partial charge in [0, 0.05) is 30.3 Å². The third-order valence-corrected chi connectivity index (χ3v) is 4.63. The molecule has 0 spiro atoms. The zero-order valence-corrected chi connectivity index (χ0v) is 12.0. The molecule has 1 aliphatic heterocycles. The number of amides is 1. The molecular weight excluding hydrogens is 268 g/mol. The van der Waals surface area contributed by atoms with E-state index in [1.807, 2.05) is 4.90 Å². The molecule has 1 atom stereocenters. The second kappa shape index (κ2) is 5.84. The van der Waals surface area contributed by atoms with E-state index >= 15 is 0 Å². The van der Waals surface area contributed by atoms with Crippen LogP contribution in [-0.4, -0.2) is 28.3 Å².